The normalized spacial score (nSPS) is 29.4. The molecule has 3 heterocycles. The Kier molecular flexibility index (Phi) is 8.09. The summed E-state index contributed by atoms with van der Waals surface area (Å²) in [7, 11) is 0. The fourth-order valence-electron chi connectivity index (χ4n) is 22.7. The van der Waals surface area contributed by atoms with Crippen LogP contribution in [0.4, 0.5) is 17.1 Å². The number of rotatable bonds is 3. The van der Waals surface area contributed by atoms with E-state index in [0.29, 0.717) is 5.41 Å². The summed E-state index contributed by atoms with van der Waals surface area (Å²) in [6.45, 7) is 15.0. The zero-order valence-electron chi connectivity index (χ0n) is 47.7. The minimum absolute atomic E-state index is 0.0284. The quantitative estimate of drug-likeness (QED) is 0.160. The van der Waals surface area contributed by atoms with E-state index in [9.17, 15) is 0 Å². The fourth-order valence-corrected chi connectivity index (χ4v) is 22.7. The van der Waals surface area contributed by atoms with Crippen molar-refractivity contribution in [3.8, 4) is 44.5 Å². The molecule has 0 unspecified atom stereocenters. The van der Waals surface area contributed by atoms with E-state index >= 15 is 0 Å². The molecule has 392 valence electrons. The van der Waals surface area contributed by atoms with Crippen LogP contribution in [0.3, 0.4) is 0 Å². The van der Waals surface area contributed by atoms with Gasteiger partial charge >= 0.3 is 6.85 Å². The molecule has 2 aliphatic heterocycles. The molecule has 0 amide bonds. The molecule has 8 aromatic carbocycles. The van der Waals surface area contributed by atoms with E-state index in [4.69, 9.17) is 0 Å². The maximum atomic E-state index is 2.96. The van der Waals surface area contributed by atoms with Gasteiger partial charge in [-0.3, -0.25) is 0 Å². The lowest BCUT2D eigenvalue weighted by atomic mass is 9.44. The van der Waals surface area contributed by atoms with E-state index in [1.807, 2.05) is 0 Å². The van der Waals surface area contributed by atoms with Gasteiger partial charge in [-0.15, -0.1) is 0 Å². The van der Waals surface area contributed by atoms with Crippen molar-refractivity contribution < 1.29 is 0 Å². The van der Waals surface area contributed by atoms with Crippen LogP contribution in [0.2, 0.25) is 0 Å². The lowest BCUT2D eigenvalue weighted by Crippen LogP contribution is -2.57. The maximum Gasteiger partial charge on any atom is 0.333 e. The minimum Gasteiger partial charge on any atom is -0.375 e. The molecule has 8 bridgehead atoms. The van der Waals surface area contributed by atoms with Crippen LogP contribution in [0.25, 0.3) is 66.3 Å². The molecule has 8 fully saturated rings. The number of nitrogens with zero attached hydrogens (tertiary/aromatic N) is 2. The van der Waals surface area contributed by atoms with Gasteiger partial charge in [0.25, 0.3) is 0 Å². The van der Waals surface area contributed by atoms with Gasteiger partial charge in [0.05, 0.1) is 0 Å². The zero-order chi connectivity index (χ0) is 52.9. The highest BCUT2D eigenvalue weighted by molar-refractivity contribution is 6.90. The molecule has 13 aliphatic rings. The van der Waals surface area contributed by atoms with Gasteiger partial charge in [0, 0.05) is 60.7 Å². The Bertz CT molecular complexity index is 4310. The van der Waals surface area contributed by atoms with E-state index in [-0.39, 0.29) is 28.5 Å². The maximum absolute atomic E-state index is 2.96. The standard InChI is InChI=1S/C77H71BN2/c1-73(2)61-16-10-7-13-51(61)54-21-20-50(32-64(54)73)79-68-34-55-52-14-8-11-17-62(52)74(3,4)65(55)35-66(68)78-70-58(33-57-53-15-9-12-18-63(53)75(5,6)69(57)72(70)79)60-31-49(77-39-45-26-46(40-77)28-47(27-45)41-77)30-59-56-29-48(19-22-67(56)80(78)71(59)60)76-36-42-23-43(37-76)25-44(24-42)38-76/h7-22,29-35,42-47H,23-28,36-41H2,1-6H3. The van der Waals surface area contributed by atoms with Crippen LogP contribution in [-0.2, 0) is 27.1 Å². The van der Waals surface area contributed by atoms with Crippen molar-refractivity contribution >= 4 is 56.6 Å². The highest BCUT2D eigenvalue weighted by Crippen LogP contribution is 2.65. The zero-order valence-corrected chi connectivity index (χ0v) is 47.7. The molecule has 9 aromatic rings. The molecule has 8 saturated carbocycles. The molecule has 0 N–H and O–H groups in total. The van der Waals surface area contributed by atoms with E-state index in [1.54, 1.807) is 11.1 Å². The van der Waals surface area contributed by atoms with Gasteiger partial charge in [0.1, 0.15) is 0 Å². The Labute approximate surface area is 473 Å². The Morgan fingerprint density at radius 2 is 0.912 bits per heavy atom. The predicted octanol–water partition coefficient (Wildman–Crippen LogP) is 18.1. The monoisotopic (exact) mass is 1030 g/mol. The van der Waals surface area contributed by atoms with E-state index in [2.05, 4.69) is 190 Å². The predicted molar refractivity (Wildman–Crippen MR) is 332 cm³/mol. The first kappa shape index (κ1) is 45.1. The van der Waals surface area contributed by atoms with E-state index < -0.39 is 0 Å². The van der Waals surface area contributed by atoms with Gasteiger partial charge in [0.2, 0.25) is 0 Å². The van der Waals surface area contributed by atoms with Crippen LogP contribution in [0.15, 0.2) is 140 Å². The second-order valence-electron chi connectivity index (χ2n) is 30.5. The molecular formula is C77H71BN2. The average Bonchev–Trinajstić information content (AvgIpc) is 3.93. The Balaban J connectivity index is 0.935. The van der Waals surface area contributed by atoms with Crippen molar-refractivity contribution in [2.24, 2.45) is 35.5 Å². The third kappa shape index (κ3) is 5.30. The molecule has 2 nitrogen and oxygen atoms in total. The van der Waals surface area contributed by atoms with Crippen LogP contribution in [0.5, 0.6) is 0 Å². The molecule has 0 atom stereocenters. The van der Waals surface area contributed by atoms with Gasteiger partial charge in [0.15, 0.2) is 0 Å². The van der Waals surface area contributed by atoms with Crippen molar-refractivity contribution in [3.05, 3.63) is 184 Å². The van der Waals surface area contributed by atoms with Crippen molar-refractivity contribution in [2.45, 2.75) is 146 Å². The van der Waals surface area contributed by atoms with E-state index in [0.717, 1.165) is 35.5 Å². The topological polar surface area (TPSA) is 8.17 Å². The van der Waals surface area contributed by atoms with Crippen molar-refractivity contribution in [2.75, 3.05) is 4.90 Å². The average molecular weight is 1040 g/mol. The Morgan fingerprint density at radius 3 is 1.52 bits per heavy atom. The molecule has 11 aliphatic carbocycles. The summed E-state index contributed by atoms with van der Waals surface area (Å²) >= 11 is 0. The molecule has 0 spiro atoms. The molecule has 0 radical (unpaired) electrons. The molecule has 80 heavy (non-hydrogen) atoms. The number of aromatic nitrogens is 1. The van der Waals surface area contributed by atoms with Gasteiger partial charge in [-0.25, -0.2) is 0 Å². The van der Waals surface area contributed by atoms with Gasteiger partial charge in [-0.05, 0) is 266 Å². The fraction of sp³-hybridized carbons (Fsp3) is 0.377. The molecular weight excluding hydrogens is 964 g/mol. The third-order valence-electron chi connectivity index (χ3n) is 25.2. The number of benzene rings is 8. The van der Waals surface area contributed by atoms with Crippen LogP contribution in [0.1, 0.15) is 163 Å². The van der Waals surface area contributed by atoms with Crippen LogP contribution >= 0.6 is 0 Å². The number of hydrogen-bond acceptors (Lipinski definition) is 1. The summed E-state index contributed by atoms with van der Waals surface area (Å²) in [6.07, 6.45) is 17.1. The summed E-state index contributed by atoms with van der Waals surface area (Å²) in [5.41, 5.74) is 33.2. The summed E-state index contributed by atoms with van der Waals surface area (Å²) in [4.78, 5) is 2.84. The van der Waals surface area contributed by atoms with Crippen molar-refractivity contribution in [1.82, 2.24) is 4.48 Å². The summed E-state index contributed by atoms with van der Waals surface area (Å²) < 4.78 is 2.96. The van der Waals surface area contributed by atoms with Crippen molar-refractivity contribution in [1.29, 1.82) is 0 Å². The smallest absolute Gasteiger partial charge is 0.333 e. The third-order valence-corrected chi connectivity index (χ3v) is 25.2. The molecule has 3 heteroatoms. The summed E-state index contributed by atoms with van der Waals surface area (Å²) in [5, 5.41) is 3.05. The van der Waals surface area contributed by atoms with Crippen LogP contribution in [0, 0.1) is 35.5 Å². The summed E-state index contributed by atoms with van der Waals surface area (Å²) in [6, 6.07) is 57.7. The SMILES string of the molecule is CC1(C)c2ccccc2-c2ccc(N3c4cc5c(cc4B4c6c(cc7c(c63)C(C)(C)c3ccccc3-7)-c3cc(C67CC8CC(CC(C8)C6)C7)cc6c7cc(C89CC%10CC(CC(C%10)C8)C9)ccc7n4c36)C(C)(C)c3ccccc3-5)cc21. The highest BCUT2D eigenvalue weighted by atomic mass is 15.2. The Hall–Kier alpha value is -6.58. The minimum atomic E-state index is -0.254. The van der Waals surface area contributed by atoms with Crippen LogP contribution in [-0.4, -0.2) is 11.3 Å². The van der Waals surface area contributed by atoms with Crippen molar-refractivity contribution in [3.63, 3.8) is 0 Å². The van der Waals surface area contributed by atoms with Gasteiger partial charge < -0.3 is 9.38 Å². The van der Waals surface area contributed by atoms with Gasteiger partial charge in [-0.2, -0.15) is 0 Å². The second-order valence-corrected chi connectivity index (χ2v) is 30.5. The molecule has 0 saturated heterocycles. The first-order chi connectivity index (χ1) is 38.7. The van der Waals surface area contributed by atoms with Gasteiger partial charge in [-0.1, -0.05) is 133 Å². The molecule has 1 aromatic heterocycles. The first-order valence-corrected chi connectivity index (χ1v) is 31.5. The number of anilines is 3. The number of hydrogen-bond donors (Lipinski definition) is 0. The van der Waals surface area contributed by atoms with E-state index in [1.165, 1.54) is 205 Å². The molecule has 22 rings (SSSR count). The van der Waals surface area contributed by atoms with Crippen LogP contribution < -0.4 is 15.8 Å². The summed E-state index contributed by atoms with van der Waals surface area (Å²) in [5.74, 6) is 5.35. The number of fused-ring (bicyclic) bond motifs is 17. The second kappa shape index (κ2) is 14.4. The lowest BCUT2D eigenvalue weighted by molar-refractivity contribution is -0.00527. The Morgan fingerprint density at radius 1 is 0.400 bits per heavy atom. The largest absolute Gasteiger partial charge is 0.375 e. The first-order valence-electron chi connectivity index (χ1n) is 31.5. The lowest BCUT2D eigenvalue weighted by Gasteiger charge is -2.57. The highest BCUT2D eigenvalue weighted by Gasteiger charge is 2.56.